The van der Waals surface area contributed by atoms with E-state index < -0.39 is 17.5 Å². The third-order valence-corrected chi connectivity index (χ3v) is 6.32. The first-order valence-electron chi connectivity index (χ1n) is 10.3. The zero-order valence-electron chi connectivity index (χ0n) is 17.9. The van der Waals surface area contributed by atoms with E-state index in [4.69, 9.17) is 0 Å². The van der Waals surface area contributed by atoms with Crippen molar-refractivity contribution in [2.45, 2.75) is 19.4 Å². The van der Waals surface area contributed by atoms with Gasteiger partial charge in [0.05, 0.1) is 17.4 Å². The van der Waals surface area contributed by atoms with E-state index in [1.165, 1.54) is 0 Å². The van der Waals surface area contributed by atoms with Crippen molar-refractivity contribution < 1.29 is 18.0 Å². The van der Waals surface area contributed by atoms with E-state index in [9.17, 15) is 18.0 Å². The van der Waals surface area contributed by atoms with Crippen molar-refractivity contribution in [3.8, 4) is 11.3 Å². The Labute approximate surface area is 182 Å². The zero-order chi connectivity index (χ0) is 22.7. The fraction of sp³-hybridized carbons (Fsp3) is 0.250. The van der Waals surface area contributed by atoms with Gasteiger partial charge in [-0.15, -0.1) is 0 Å². The molecule has 0 bridgehead atoms. The fourth-order valence-corrected chi connectivity index (χ4v) is 4.72. The van der Waals surface area contributed by atoms with E-state index in [-0.39, 0.29) is 17.5 Å². The van der Waals surface area contributed by atoms with Crippen molar-refractivity contribution in [3.63, 3.8) is 0 Å². The molecule has 2 aromatic heterocycles. The molecule has 164 valence electrons. The SMILES string of the molecule is C[C@H]1c2nn(C)c(-c3cc(F)c(F)c(F)c3)c2CCN1C(=O)c1cccc2c1ccn2C. The van der Waals surface area contributed by atoms with Crippen molar-refractivity contribution >= 4 is 16.8 Å². The van der Waals surface area contributed by atoms with Gasteiger partial charge < -0.3 is 9.47 Å². The van der Waals surface area contributed by atoms with Gasteiger partial charge in [0.15, 0.2) is 17.5 Å². The van der Waals surface area contributed by atoms with E-state index in [0.717, 1.165) is 28.6 Å². The van der Waals surface area contributed by atoms with Crippen LogP contribution in [-0.2, 0) is 20.5 Å². The summed E-state index contributed by atoms with van der Waals surface area (Å²) in [7, 11) is 3.61. The van der Waals surface area contributed by atoms with Crippen LogP contribution in [0.25, 0.3) is 22.2 Å². The van der Waals surface area contributed by atoms with Crippen molar-refractivity contribution in [1.82, 2.24) is 19.2 Å². The van der Waals surface area contributed by atoms with Crippen molar-refractivity contribution in [2.24, 2.45) is 14.1 Å². The molecule has 0 radical (unpaired) electrons. The lowest BCUT2D eigenvalue weighted by Gasteiger charge is -2.33. The Balaban J connectivity index is 1.54. The zero-order valence-corrected chi connectivity index (χ0v) is 17.9. The van der Waals surface area contributed by atoms with Crippen LogP contribution < -0.4 is 0 Å². The van der Waals surface area contributed by atoms with Crippen LogP contribution in [0.1, 0.15) is 34.6 Å². The summed E-state index contributed by atoms with van der Waals surface area (Å²) < 4.78 is 44.7. The molecule has 4 aromatic rings. The monoisotopic (exact) mass is 438 g/mol. The lowest BCUT2D eigenvalue weighted by Crippen LogP contribution is -2.39. The molecule has 0 spiro atoms. The highest BCUT2D eigenvalue weighted by Crippen LogP contribution is 2.37. The minimum atomic E-state index is -1.50. The smallest absolute Gasteiger partial charge is 0.255 e. The standard InChI is InChI=1S/C24H21F3N4O/c1-13-22-17(23(30(3)28-22)14-11-18(25)21(27)19(26)12-14)8-10-31(13)24(32)16-5-4-6-20-15(16)7-9-29(20)2/h4-7,9,11-13H,8,10H2,1-3H3/t13-/m0/s1. The number of halogens is 3. The average molecular weight is 438 g/mol. The minimum Gasteiger partial charge on any atom is -0.351 e. The Morgan fingerprint density at radius 2 is 1.81 bits per heavy atom. The summed E-state index contributed by atoms with van der Waals surface area (Å²) in [6.07, 6.45) is 2.39. The molecule has 0 N–H and O–H groups in total. The summed E-state index contributed by atoms with van der Waals surface area (Å²) in [5.41, 5.74) is 3.83. The number of hydrogen-bond donors (Lipinski definition) is 0. The van der Waals surface area contributed by atoms with Crippen LogP contribution in [0.2, 0.25) is 0 Å². The number of carbonyl (C=O) groups is 1. The maximum atomic E-state index is 13.9. The van der Waals surface area contributed by atoms with Gasteiger partial charge in [-0.05, 0) is 43.7 Å². The van der Waals surface area contributed by atoms with Gasteiger partial charge in [0.25, 0.3) is 5.91 Å². The molecule has 5 rings (SSSR count). The Morgan fingerprint density at radius 1 is 1.09 bits per heavy atom. The minimum absolute atomic E-state index is 0.0916. The summed E-state index contributed by atoms with van der Waals surface area (Å²) >= 11 is 0. The fourth-order valence-electron chi connectivity index (χ4n) is 4.72. The van der Waals surface area contributed by atoms with Crippen LogP contribution >= 0.6 is 0 Å². The molecule has 0 fully saturated rings. The molecule has 1 aliphatic rings. The predicted octanol–water partition coefficient (Wildman–Crippen LogP) is 4.76. The normalized spacial score (nSPS) is 15.9. The van der Waals surface area contributed by atoms with Crippen LogP contribution in [0.3, 0.4) is 0 Å². The molecule has 0 saturated heterocycles. The maximum absolute atomic E-state index is 13.9. The van der Waals surface area contributed by atoms with Crippen LogP contribution in [0.5, 0.6) is 0 Å². The highest BCUT2D eigenvalue weighted by molar-refractivity contribution is 6.06. The number of aromatic nitrogens is 3. The third-order valence-electron chi connectivity index (χ3n) is 6.32. The van der Waals surface area contributed by atoms with Gasteiger partial charge >= 0.3 is 0 Å². The Kier molecular flexibility index (Phi) is 4.62. The molecule has 5 nitrogen and oxygen atoms in total. The summed E-state index contributed by atoms with van der Waals surface area (Å²) in [4.78, 5) is 15.2. The molecule has 8 heteroatoms. The van der Waals surface area contributed by atoms with Crippen LogP contribution in [0, 0.1) is 17.5 Å². The molecule has 3 heterocycles. The predicted molar refractivity (Wildman–Crippen MR) is 115 cm³/mol. The van der Waals surface area contributed by atoms with Gasteiger partial charge in [-0.3, -0.25) is 9.48 Å². The summed E-state index contributed by atoms with van der Waals surface area (Å²) in [5, 5.41) is 5.45. The first-order chi connectivity index (χ1) is 15.3. The van der Waals surface area contributed by atoms with Crippen molar-refractivity contribution in [2.75, 3.05) is 6.54 Å². The summed E-state index contributed by atoms with van der Waals surface area (Å²) in [6, 6.07) is 9.21. The van der Waals surface area contributed by atoms with E-state index in [0.29, 0.717) is 29.9 Å². The Hall–Kier alpha value is -3.55. The van der Waals surface area contributed by atoms with Crippen LogP contribution in [0.4, 0.5) is 13.2 Å². The number of carbonyl (C=O) groups excluding carboxylic acids is 1. The number of aryl methyl sites for hydroxylation is 2. The lowest BCUT2D eigenvalue weighted by molar-refractivity contribution is 0.0675. The van der Waals surface area contributed by atoms with E-state index in [1.807, 2.05) is 49.0 Å². The van der Waals surface area contributed by atoms with Crippen LogP contribution in [-0.4, -0.2) is 31.7 Å². The highest BCUT2D eigenvalue weighted by Gasteiger charge is 2.34. The summed E-state index contributed by atoms with van der Waals surface area (Å²) in [6.45, 7) is 2.32. The Morgan fingerprint density at radius 3 is 2.53 bits per heavy atom. The van der Waals surface area contributed by atoms with E-state index in [2.05, 4.69) is 5.10 Å². The van der Waals surface area contributed by atoms with Gasteiger partial charge in [-0.25, -0.2) is 13.2 Å². The molecular formula is C24H21F3N4O. The number of rotatable bonds is 2. The summed E-state index contributed by atoms with van der Waals surface area (Å²) in [5.74, 6) is -4.07. The molecule has 0 unspecified atom stereocenters. The van der Waals surface area contributed by atoms with Gasteiger partial charge in [-0.2, -0.15) is 5.10 Å². The largest absolute Gasteiger partial charge is 0.351 e. The molecule has 1 amide bonds. The number of amides is 1. The topological polar surface area (TPSA) is 43.1 Å². The molecule has 0 saturated carbocycles. The van der Waals surface area contributed by atoms with E-state index >= 15 is 0 Å². The number of benzene rings is 2. The number of hydrogen-bond acceptors (Lipinski definition) is 2. The van der Waals surface area contributed by atoms with Crippen molar-refractivity contribution in [3.05, 3.63) is 76.9 Å². The lowest BCUT2D eigenvalue weighted by atomic mass is 9.94. The molecule has 32 heavy (non-hydrogen) atoms. The molecule has 2 aromatic carbocycles. The Bertz CT molecular complexity index is 1360. The highest BCUT2D eigenvalue weighted by atomic mass is 19.2. The van der Waals surface area contributed by atoms with Gasteiger partial charge in [0.1, 0.15) is 0 Å². The van der Waals surface area contributed by atoms with Crippen LogP contribution in [0.15, 0.2) is 42.6 Å². The quantitative estimate of drug-likeness (QED) is 0.424. The second-order valence-corrected chi connectivity index (χ2v) is 8.18. The molecule has 0 aliphatic carbocycles. The second-order valence-electron chi connectivity index (χ2n) is 8.18. The van der Waals surface area contributed by atoms with Gasteiger partial charge in [0.2, 0.25) is 0 Å². The third kappa shape index (κ3) is 2.93. The molecule has 1 aliphatic heterocycles. The first kappa shape index (κ1) is 20.4. The number of fused-ring (bicyclic) bond motifs is 2. The maximum Gasteiger partial charge on any atom is 0.255 e. The van der Waals surface area contributed by atoms with Gasteiger partial charge in [-0.1, -0.05) is 6.07 Å². The molecular weight excluding hydrogens is 417 g/mol. The van der Waals surface area contributed by atoms with E-state index in [1.54, 1.807) is 16.6 Å². The molecule has 1 atom stereocenters. The first-order valence-corrected chi connectivity index (χ1v) is 10.3. The van der Waals surface area contributed by atoms with Gasteiger partial charge in [0, 0.05) is 54.4 Å². The number of nitrogens with zero attached hydrogens (tertiary/aromatic N) is 4. The average Bonchev–Trinajstić information content (AvgIpc) is 3.31. The van der Waals surface area contributed by atoms with Crippen molar-refractivity contribution in [1.29, 1.82) is 0 Å². The second kappa shape index (κ2) is 7.25.